The smallest absolute Gasteiger partial charge is 0.126 e. The van der Waals surface area contributed by atoms with Crippen molar-refractivity contribution in [3.63, 3.8) is 0 Å². The molecule has 0 spiro atoms. The van der Waals surface area contributed by atoms with Crippen LogP contribution in [0.2, 0.25) is 0 Å². The lowest BCUT2D eigenvalue weighted by Gasteiger charge is -2.06. The normalized spacial score (nSPS) is 10.3. The van der Waals surface area contributed by atoms with Gasteiger partial charge in [-0.1, -0.05) is 23.8 Å². The molecular weight excluding hydrogens is 240 g/mol. The molecule has 0 aliphatic heterocycles. The molecule has 0 amide bonds. The molecule has 0 atom stereocenters. The van der Waals surface area contributed by atoms with E-state index in [1.165, 1.54) is 10.5 Å². The van der Waals surface area contributed by atoms with E-state index in [4.69, 9.17) is 0 Å². The molecule has 0 radical (unpaired) electrons. The summed E-state index contributed by atoms with van der Waals surface area (Å²) in [7, 11) is 0. The zero-order valence-corrected chi connectivity index (χ0v) is 11.6. The van der Waals surface area contributed by atoms with Gasteiger partial charge in [0.2, 0.25) is 0 Å². The Morgan fingerprint density at radius 2 is 2.00 bits per heavy atom. The molecule has 1 aromatic heterocycles. The van der Waals surface area contributed by atoms with E-state index in [-0.39, 0.29) is 0 Å². The predicted octanol–water partition coefficient (Wildman–Crippen LogP) is 4.11. The van der Waals surface area contributed by atoms with Gasteiger partial charge in [-0.25, -0.2) is 4.98 Å². The molecule has 0 aliphatic carbocycles. The molecule has 2 nitrogen and oxygen atoms in total. The van der Waals surface area contributed by atoms with E-state index in [9.17, 15) is 0 Å². The minimum atomic E-state index is 0.904. The van der Waals surface area contributed by atoms with Crippen LogP contribution in [-0.2, 0) is 5.75 Å². The van der Waals surface area contributed by atoms with E-state index in [2.05, 4.69) is 60.5 Å². The van der Waals surface area contributed by atoms with E-state index in [0.29, 0.717) is 0 Å². The van der Waals surface area contributed by atoms with Crippen LogP contribution >= 0.6 is 11.8 Å². The van der Waals surface area contributed by atoms with Crippen molar-refractivity contribution in [1.29, 1.82) is 0 Å². The van der Waals surface area contributed by atoms with Gasteiger partial charge in [0.1, 0.15) is 5.82 Å². The number of hydrogen-bond donors (Lipinski definition) is 1. The number of pyridine rings is 1. The Morgan fingerprint density at radius 3 is 2.78 bits per heavy atom. The quantitative estimate of drug-likeness (QED) is 0.817. The Kier molecular flexibility index (Phi) is 4.65. The molecule has 0 saturated heterocycles. The van der Waals surface area contributed by atoms with E-state index in [0.717, 1.165) is 23.8 Å². The highest BCUT2D eigenvalue weighted by atomic mass is 32.2. The molecule has 0 bridgehead atoms. The number of aromatic nitrogens is 1. The van der Waals surface area contributed by atoms with Crippen LogP contribution < -0.4 is 5.32 Å². The van der Waals surface area contributed by atoms with Gasteiger partial charge in [-0.15, -0.1) is 11.8 Å². The average Bonchev–Trinajstić information content (AvgIpc) is 2.37. The summed E-state index contributed by atoms with van der Waals surface area (Å²) in [6.07, 6.45) is 0. The van der Waals surface area contributed by atoms with Crippen LogP contribution in [0.3, 0.4) is 0 Å². The average molecular weight is 258 g/mol. The lowest BCUT2D eigenvalue weighted by atomic mass is 10.2. The minimum Gasteiger partial charge on any atom is -0.370 e. The van der Waals surface area contributed by atoms with E-state index < -0.39 is 0 Å². The number of thioether (sulfide) groups is 1. The molecule has 1 N–H and O–H groups in total. The number of hydrogen-bond acceptors (Lipinski definition) is 3. The molecule has 1 aromatic carbocycles. The number of aryl methyl sites for hydroxylation is 1. The fourth-order valence-electron chi connectivity index (χ4n) is 1.70. The lowest BCUT2D eigenvalue weighted by molar-refractivity contribution is 1.11. The van der Waals surface area contributed by atoms with Crippen molar-refractivity contribution in [2.24, 2.45) is 0 Å². The Morgan fingerprint density at radius 1 is 1.17 bits per heavy atom. The van der Waals surface area contributed by atoms with Gasteiger partial charge in [0.15, 0.2) is 0 Å². The molecule has 0 unspecified atom stereocenters. The first kappa shape index (κ1) is 13.0. The topological polar surface area (TPSA) is 24.9 Å². The van der Waals surface area contributed by atoms with Gasteiger partial charge in [0.05, 0.1) is 5.69 Å². The van der Waals surface area contributed by atoms with Crippen molar-refractivity contribution >= 4 is 17.6 Å². The SMILES string of the molecule is CCNc1cccc(CSc2cccc(C)c2)n1. The summed E-state index contributed by atoms with van der Waals surface area (Å²) < 4.78 is 0. The van der Waals surface area contributed by atoms with Gasteiger partial charge in [0, 0.05) is 17.2 Å². The van der Waals surface area contributed by atoms with Crippen LogP contribution in [0.25, 0.3) is 0 Å². The number of rotatable bonds is 5. The van der Waals surface area contributed by atoms with Gasteiger partial charge in [-0.3, -0.25) is 0 Å². The maximum absolute atomic E-state index is 4.57. The van der Waals surface area contributed by atoms with Crippen molar-refractivity contribution in [1.82, 2.24) is 4.98 Å². The second kappa shape index (κ2) is 6.45. The van der Waals surface area contributed by atoms with Crippen LogP contribution in [0.1, 0.15) is 18.2 Å². The summed E-state index contributed by atoms with van der Waals surface area (Å²) >= 11 is 1.82. The lowest BCUT2D eigenvalue weighted by Crippen LogP contribution is -2.00. The zero-order chi connectivity index (χ0) is 12.8. The zero-order valence-electron chi connectivity index (χ0n) is 10.8. The first-order chi connectivity index (χ1) is 8.78. The van der Waals surface area contributed by atoms with E-state index in [1.54, 1.807) is 0 Å². The van der Waals surface area contributed by atoms with E-state index in [1.807, 2.05) is 17.8 Å². The molecule has 0 aliphatic rings. The standard InChI is InChI=1S/C15H18N2S/c1-3-16-15-9-5-7-13(17-15)11-18-14-8-4-6-12(2)10-14/h4-10H,3,11H2,1-2H3,(H,16,17). The minimum absolute atomic E-state index is 0.904. The number of nitrogens with zero attached hydrogens (tertiary/aromatic N) is 1. The molecule has 3 heteroatoms. The summed E-state index contributed by atoms with van der Waals surface area (Å²) in [5.74, 6) is 1.86. The van der Waals surface area contributed by atoms with Crippen molar-refractivity contribution in [3.05, 3.63) is 53.7 Å². The number of anilines is 1. The Bertz CT molecular complexity index is 511. The molecule has 94 valence electrons. The third-order valence-electron chi connectivity index (χ3n) is 2.54. The molecular formula is C15H18N2S. The highest BCUT2D eigenvalue weighted by Gasteiger charge is 1.99. The van der Waals surface area contributed by atoms with Crippen LogP contribution in [-0.4, -0.2) is 11.5 Å². The highest BCUT2D eigenvalue weighted by molar-refractivity contribution is 7.98. The monoisotopic (exact) mass is 258 g/mol. The third kappa shape index (κ3) is 3.77. The highest BCUT2D eigenvalue weighted by Crippen LogP contribution is 2.23. The predicted molar refractivity (Wildman–Crippen MR) is 79.1 cm³/mol. The molecule has 0 saturated carbocycles. The largest absolute Gasteiger partial charge is 0.370 e. The maximum atomic E-state index is 4.57. The van der Waals surface area contributed by atoms with Crippen molar-refractivity contribution in [2.45, 2.75) is 24.5 Å². The second-order valence-corrected chi connectivity index (χ2v) is 5.20. The van der Waals surface area contributed by atoms with Gasteiger partial charge < -0.3 is 5.32 Å². The number of benzene rings is 1. The third-order valence-corrected chi connectivity index (χ3v) is 3.57. The summed E-state index contributed by atoms with van der Waals surface area (Å²) in [5, 5.41) is 3.23. The molecule has 18 heavy (non-hydrogen) atoms. The first-order valence-electron chi connectivity index (χ1n) is 6.17. The van der Waals surface area contributed by atoms with Gasteiger partial charge in [0.25, 0.3) is 0 Å². The van der Waals surface area contributed by atoms with Crippen molar-refractivity contribution < 1.29 is 0 Å². The summed E-state index contributed by atoms with van der Waals surface area (Å²) in [6, 6.07) is 14.7. The maximum Gasteiger partial charge on any atom is 0.126 e. The fourth-order valence-corrected chi connectivity index (χ4v) is 2.62. The van der Waals surface area contributed by atoms with Gasteiger partial charge in [-0.2, -0.15) is 0 Å². The number of nitrogens with one attached hydrogen (secondary N) is 1. The van der Waals surface area contributed by atoms with Gasteiger partial charge >= 0.3 is 0 Å². The van der Waals surface area contributed by atoms with E-state index >= 15 is 0 Å². The molecule has 1 heterocycles. The van der Waals surface area contributed by atoms with Crippen LogP contribution in [0.4, 0.5) is 5.82 Å². The summed E-state index contributed by atoms with van der Waals surface area (Å²) in [4.78, 5) is 5.86. The fraction of sp³-hybridized carbons (Fsp3) is 0.267. The first-order valence-corrected chi connectivity index (χ1v) is 7.16. The van der Waals surface area contributed by atoms with Crippen LogP contribution in [0.15, 0.2) is 47.4 Å². The second-order valence-electron chi connectivity index (χ2n) is 4.15. The molecule has 0 fully saturated rings. The van der Waals surface area contributed by atoms with Crippen molar-refractivity contribution in [3.8, 4) is 0 Å². The van der Waals surface area contributed by atoms with Crippen molar-refractivity contribution in [2.75, 3.05) is 11.9 Å². The van der Waals surface area contributed by atoms with Crippen LogP contribution in [0.5, 0.6) is 0 Å². The summed E-state index contributed by atoms with van der Waals surface area (Å²) in [5.41, 5.74) is 2.41. The Balaban J connectivity index is 1.99. The molecule has 2 rings (SSSR count). The summed E-state index contributed by atoms with van der Waals surface area (Å²) in [6.45, 7) is 5.10. The molecule has 2 aromatic rings. The Hall–Kier alpha value is -1.48. The Labute approximate surface area is 113 Å². The van der Waals surface area contributed by atoms with Gasteiger partial charge in [-0.05, 0) is 38.1 Å². The van der Waals surface area contributed by atoms with Crippen LogP contribution in [0, 0.1) is 6.92 Å².